The van der Waals surface area contributed by atoms with Gasteiger partial charge in [0.25, 0.3) is 5.91 Å². The molecule has 1 saturated heterocycles. The molecule has 0 spiro atoms. The third-order valence-corrected chi connectivity index (χ3v) is 4.44. The summed E-state index contributed by atoms with van der Waals surface area (Å²) in [4.78, 5) is 14.4. The summed E-state index contributed by atoms with van der Waals surface area (Å²) < 4.78 is 0. The molecule has 1 aliphatic rings. The van der Waals surface area contributed by atoms with Gasteiger partial charge in [-0.15, -0.1) is 0 Å². The second kappa shape index (κ2) is 6.94. The Balaban J connectivity index is 1.71. The highest BCUT2D eigenvalue weighted by Gasteiger charge is 2.35. The molecule has 1 heterocycles. The molecule has 1 amide bonds. The Morgan fingerprint density at radius 3 is 2.43 bits per heavy atom. The number of hydrogen-bond acceptors (Lipinski definition) is 3. The number of carbonyl (C=O) groups is 1. The van der Waals surface area contributed by atoms with Gasteiger partial charge in [-0.2, -0.15) is 0 Å². The summed E-state index contributed by atoms with van der Waals surface area (Å²) in [6.07, 6.45) is 0.297. The Kier molecular flexibility index (Phi) is 4.74. The van der Waals surface area contributed by atoms with Crippen LogP contribution in [0.25, 0.3) is 0 Å². The Hall–Kier alpha value is -2.17. The first-order chi connectivity index (χ1) is 11.2. The summed E-state index contributed by atoms with van der Waals surface area (Å²) in [6, 6.07) is 17.5. The van der Waals surface area contributed by atoms with E-state index in [0.29, 0.717) is 25.2 Å². The van der Waals surface area contributed by atoms with Crippen molar-refractivity contribution >= 4 is 5.91 Å². The van der Waals surface area contributed by atoms with E-state index in [4.69, 9.17) is 5.73 Å². The molecule has 4 heteroatoms. The maximum absolute atomic E-state index is 12.6. The van der Waals surface area contributed by atoms with Gasteiger partial charge in [0.05, 0.1) is 6.10 Å². The first-order valence-corrected chi connectivity index (χ1v) is 8.00. The van der Waals surface area contributed by atoms with Crippen LogP contribution in [0.4, 0.5) is 0 Å². The van der Waals surface area contributed by atoms with Crippen molar-refractivity contribution in [3.8, 4) is 0 Å². The summed E-state index contributed by atoms with van der Waals surface area (Å²) in [6.45, 7) is 1.53. The zero-order chi connectivity index (χ0) is 16.2. The van der Waals surface area contributed by atoms with Gasteiger partial charge in [0, 0.05) is 24.6 Å². The fourth-order valence-corrected chi connectivity index (χ4v) is 3.14. The van der Waals surface area contributed by atoms with Crippen LogP contribution in [0.3, 0.4) is 0 Å². The number of aliphatic hydroxyl groups excluding tert-OH is 1. The normalized spacial score (nSPS) is 20.7. The summed E-state index contributed by atoms with van der Waals surface area (Å²) in [5.74, 6) is -0.0431. The number of aliphatic hydroxyl groups is 1. The van der Waals surface area contributed by atoms with E-state index < -0.39 is 6.10 Å². The van der Waals surface area contributed by atoms with Crippen LogP contribution in [-0.2, 0) is 6.42 Å². The standard InChI is InChI=1S/C19H22N2O2/c20-11-10-14-6-8-16(9-7-14)19(23)21-12-17(18(22)13-21)15-4-2-1-3-5-15/h1-9,17-18,22H,10-13,20H2/t17-,18+/m0/s1. The van der Waals surface area contributed by atoms with Crippen molar-refractivity contribution in [3.63, 3.8) is 0 Å². The molecule has 0 bridgehead atoms. The maximum atomic E-state index is 12.6. The van der Waals surface area contributed by atoms with Crippen molar-refractivity contribution in [1.82, 2.24) is 4.90 Å². The van der Waals surface area contributed by atoms with Gasteiger partial charge in [-0.05, 0) is 36.2 Å². The molecule has 4 nitrogen and oxygen atoms in total. The van der Waals surface area contributed by atoms with Crippen LogP contribution in [0.2, 0.25) is 0 Å². The number of nitrogens with two attached hydrogens (primary N) is 1. The lowest BCUT2D eigenvalue weighted by molar-refractivity contribution is 0.0765. The van der Waals surface area contributed by atoms with E-state index in [-0.39, 0.29) is 11.8 Å². The van der Waals surface area contributed by atoms with Gasteiger partial charge < -0.3 is 15.7 Å². The number of rotatable bonds is 4. The number of nitrogens with zero attached hydrogens (tertiary/aromatic N) is 1. The smallest absolute Gasteiger partial charge is 0.253 e. The SMILES string of the molecule is NCCc1ccc(C(=O)N2C[C@@H](O)[C@H](c3ccccc3)C2)cc1. The van der Waals surface area contributed by atoms with Gasteiger partial charge in [0.2, 0.25) is 0 Å². The van der Waals surface area contributed by atoms with E-state index in [9.17, 15) is 9.90 Å². The fourth-order valence-electron chi connectivity index (χ4n) is 3.14. The maximum Gasteiger partial charge on any atom is 0.253 e. The Bertz CT molecular complexity index is 655. The van der Waals surface area contributed by atoms with Crippen molar-refractivity contribution in [2.24, 2.45) is 5.73 Å². The number of hydrogen-bond donors (Lipinski definition) is 2. The van der Waals surface area contributed by atoms with Crippen molar-refractivity contribution < 1.29 is 9.90 Å². The van der Waals surface area contributed by atoms with Gasteiger partial charge in [-0.25, -0.2) is 0 Å². The van der Waals surface area contributed by atoms with Crippen LogP contribution in [0.1, 0.15) is 27.4 Å². The highest BCUT2D eigenvalue weighted by molar-refractivity contribution is 5.94. The molecule has 2 aromatic rings. The Morgan fingerprint density at radius 2 is 1.78 bits per heavy atom. The molecule has 0 radical (unpaired) electrons. The van der Waals surface area contributed by atoms with Gasteiger partial charge in [-0.3, -0.25) is 4.79 Å². The highest BCUT2D eigenvalue weighted by atomic mass is 16.3. The molecule has 3 N–H and O–H groups in total. The topological polar surface area (TPSA) is 66.6 Å². The minimum Gasteiger partial charge on any atom is -0.391 e. The lowest BCUT2D eigenvalue weighted by atomic mass is 9.96. The first-order valence-electron chi connectivity index (χ1n) is 8.00. The molecule has 3 rings (SSSR count). The van der Waals surface area contributed by atoms with Crippen LogP contribution in [-0.4, -0.2) is 41.7 Å². The van der Waals surface area contributed by atoms with Crippen LogP contribution in [0.15, 0.2) is 54.6 Å². The predicted octanol–water partition coefficient (Wildman–Crippen LogP) is 1.79. The molecule has 0 aromatic heterocycles. The third kappa shape index (κ3) is 3.44. The Labute approximate surface area is 136 Å². The molecule has 1 aliphatic heterocycles. The van der Waals surface area contributed by atoms with Gasteiger partial charge in [0.1, 0.15) is 0 Å². The number of carbonyl (C=O) groups excluding carboxylic acids is 1. The number of amides is 1. The summed E-state index contributed by atoms with van der Waals surface area (Å²) in [7, 11) is 0. The van der Waals surface area contributed by atoms with Gasteiger partial charge in [-0.1, -0.05) is 42.5 Å². The second-order valence-corrected chi connectivity index (χ2v) is 6.03. The number of benzene rings is 2. The van der Waals surface area contributed by atoms with Crippen LogP contribution >= 0.6 is 0 Å². The molecule has 1 fully saturated rings. The van der Waals surface area contributed by atoms with E-state index in [0.717, 1.165) is 17.5 Å². The zero-order valence-electron chi connectivity index (χ0n) is 13.1. The minimum absolute atomic E-state index is 0.0170. The van der Waals surface area contributed by atoms with Crippen molar-refractivity contribution in [2.75, 3.05) is 19.6 Å². The van der Waals surface area contributed by atoms with Crippen molar-refractivity contribution in [1.29, 1.82) is 0 Å². The van der Waals surface area contributed by atoms with Gasteiger partial charge >= 0.3 is 0 Å². The van der Waals surface area contributed by atoms with Crippen LogP contribution in [0, 0.1) is 0 Å². The fraction of sp³-hybridized carbons (Fsp3) is 0.316. The molecule has 2 aromatic carbocycles. The summed E-state index contributed by atoms with van der Waals surface area (Å²) >= 11 is 0. The van der Waals surface area contributed by atoms with E-state index in [1.807, 2.05) is 54.6 Å². The number of likely N-dealkylation sites (tertiary alicyclic amines) is 1. The molecule has 0 saturated carbocycles. The average Bonchev–Trinajstić information content (AvgIpc) is 2.98. The minimum atomic E-state index is -0.516. The van der Waals surface area contributed by atoms with Crippen LogP contribution < -0.4 is 5.73 Å². The zero-order valence-corrected chi connectivity index (χ0v) is 13.1. The summed E-state index contributed by atoms with van der Waals surface area (Å²) in [5.41, 5.74) is 8.41. The first kappa shape index (κ1) is 15.7. The molecular formula is C19H22N2O2. The lowest BCUT2D eigenvalue weighted by Gasteiger charge is -2.16. The van der Waals surface area contributed by atoms with E-state index in [1.54, 1.807) is 4.90 Å². The van der Waals surface area contributed by atoms with E-state index in [2.05, 4.69) is 0 Å². The molecular weight excluding hydrogens is 288 g/mol. The lowest BCUT2D eigenvalue weighted by Crippen LogP contribution is -2.29. The molecule has 2 atom stereocenters. The third-order valence-electron chi connectivity index (χ3n) is 4.44. The monoisotopic (exact) mass is 310 g/mol. The van der Waals surface area contributed by atoms with Crippen LogP contribution in [0.5, 0.6) is 0 Å². The van der Waals surface area contributed by atoms with E-state index >= 15 is 0 Å². The predicted molar refractivity (Wildman–Crippen MR) is 90.3 cm³/mol. The Morgan fingerprint density at radius 1 is 1.09 bits per heavy atom. The highest BCUT2D eigenvalue weighted by Crippen LogP contribution is 2.28. The van der Waals surface area contributed by atoms with E-state index in [1.165, 1.54) is 0 Å². The van der Waals surface area contributed by atoms with Crippen molar-refractivity contribution in [3.05, 3.63) is 71.3 Å². The molecule has 120 valence electrons. The number of β-amino-alcohol motifs (C(OH)–C–C–N with tert-alkyl or cyclic N) is 1. The second-order valence-electron chi connectivity index (χ2n) is 6.03. The average molecular weight is 310 g/mol. The van der Waals surface area contributed by atoms with Gasteiger partial charge in [0.15, 0.2) is 0 Å². The molecule has 0 unspecified atom stereocenters. The molecule has 0 aliphatic carbocycles. The van der Waals surface area contributed by atoms with Crippen molar-refractivity contribution in [2.45, 2.75) is 18.4 Å². The summed E-state index contributed by atoms with van der Waals surface area (Å²) in [5, 5.41) is 10.3. The molecule has 23 heavy (non-hydrogen) atoms. The largest absolute Gasteiger partial charge is 0.391 e. The quantitative estimate of drug-likeness (QED) is 0.905.